The number of rotatable bonds is 4. The minimum atomic E-state index is 0.401. The van der Waals surface area contributed by atoms with Crippen molar-refractivity contribution in [1.29, 1.82) is 0 Å². The Hall–Kier alpha value is -0.930. The van der Waals surface area contributed by atoms with Gasteiger partial charge in [-0.3, -0.25) is 9.88 Å². The molecule has 2 fully saturated rings. The lowest BCUT2D eigenvalue weighted by molar-refractivity contribution is 0.00182. The van der Waals surface area contributed by atoms with Crippen molar-refractivity contribution in [3.63, 3.8) is 0 Å². The van der Waals surface area contributed by atoms with E-state index in [2.05, 4.69) is 34.3 Å². The molecule has 0 aromatic carbocycles. The molecule has 1 aliphatic heterocycles. The Bertz CT molecular complexity index is 425. The van der Waals surface area contributed by atoms with Gasteiger partial charge in [0.15, 0.2) is 0 Å². The van der Waals surface area contributed by atoms with Gasteiger partial charge >= 0.3 is 0 Å². The van der Waals surface area contributed by atoms with Gasteiger partial charge in [0.2, 0.25) is 0 Å². The lowest BCUT2D eigenvalue weighted by Gasteiger charge is -2.52. The van der Waals surface area contributed by atoms with Crippen molar-refractivity contribution >= 4 is 0 Å². The zero-order chi connectivity index (χ0) is 14.5. The van der Waals surface area contributed by atoms with E-state index in [4.69, 9.17) is 0 Å². The van der Waals surface area contributed by atoms with Gasteiger partial charge in [0.25, 0.3) is 0 Å². The second kappa shape index (κ2) is 6.89. The van der Waals surface area contributed by atoms with Crippen LogP contribution >= 0.6 is 0 Å². The molecule has 0 radical (unpaired) electrons. The van der Waals surface area contributed by atoms with Gasteiger partial charge in [-0.1, -0.05) is 38.7 Å². The predicted octanol–water partition coefficient (Wildman–Crippen LogP) is 3.36. The standard InChI is InChI=1S/C18H29N3/c1-2-7-17-14-21(13-16-8-6-11-19-12-16)18(15-20-17)9-4-3-5-10-18/h6,8,11-12,17,20H,2-5,7,9-10,13-15H2,1H3. The number of hydrogen-bond donors (Lipinski definition) is 1. The first-order valence-corrected chi connectivity index (χ1v) is 8.70. The summed E-state index contributed by atoms with van der Waals surface area (Å²) in [6.07, 6.45) is 13.4. The maximum absolute atomic E-state index is 4.30. The number of nitrogens with one attached hydrogen (secondary N) is 1. The fourth-order valence-corrected chi connectivity index (χ4v) is 4.16. The molecule has 2 aliphatic rings. The second-order valence-electron chi connectivity index (χ2n) is 6.89. The van der Waals surface area contributed by atoms with Gasteiger partial charge in [-0.25, -0.2) is 0 Å². The first-order valence-electron chi connectivity index (χ1n) is 8.70. The summed E-state index contributed by atoms with van der Waals surface area (Å²) in [6, 6.07) is 4.95. The van der Waals surface area contributed by atoms with Crippen LogP contribution in [0.4, 0.5) is 0 Å². The minimum Gasteiger partial charge on any atom is -0.311 e. The van der Waals surface area contributed by atoms with Crippen LogP contribution in [0.25, 0.3) is 0 Å². The number of aromatic nitrogens is 1. The van der Waals surface area contributed by atoms with Crippen molar-refractivity contribution < 1.29 is 0 Å². The van der Waals surface area contributed by atoms with E-state index in [1.165, 1.54) is 63.6 Å². The van der Waals surface area contributed by atoms with Crippen LogP contribution in [-0.2, 0) is 6.54 Å². The molecule has 116 valence electrons. The Morgan fingerprint density at radius 2 is 2.19 bits per heavy atom. The summed E-state index contributed by atoms with van der Waals surface area (Å²) < 4.78 is 0. The first kappa shape index (κ1) is 15.0. The summed E-state index contributed by atoms with van der Waals surface area (Å²) in [5.74, 6) is 0. The molecule has 3 nitrogen and oxygen atoms in total. The van der Waals surface area contributed by atoms with Crippen molar-refractivity contribution in [2.75, 3.05) is 13.1 Å². The van der Waals surface area contributed by atoms with Crippen LogP contribution in [-0.4, -0.2) is 34.6 Å². The van der Waals surface area contributed by atoms with Crippen molar-refractivity contribution in [2.45, 2.75) is 70.0 Å². The van der Waals surface area contributed by atoms with Gasteiger partial charge in [-0.15, -0.1) is 0 Å². The molecule has 1 aromatic rings. The molecule has 1 saturated heterocycles. The average molecular weight is 287 g/mol. The fraction of sp³-hybridized carbons (Fsp3) is 0.722. The summed E-state index contributed by atoms with van der Waals surface area (Å²) in [7, 11) is 0. The van der Waals surface area contributed by atoms with Crippen LogP contribution in [0.5, 0.6) is 0 Å². The summed E-state index contributed by atoms with van der Waals surface area (Å²) in [4.78, 5) is 7.07. The smallest absolute Gasteiger partial charge is 0.0338 e. The van der Waals surface area contributed by atoms with Crippen LogP contribution < -0.4 is 5.32 Å². The van der Waals surface area contributed by atoms with E-state index in [0.29, 0.717) is 11.6 Å². The molecular weight excluding hydrogens is 258 g/mol. The molecule has 0 bridgehead atoms. The van der Waals surface area contributed by atoms with Crippen molar-refractivity contribution in [3.05, 3.63) is 30.1 Å². The highest BCUT2D eigenvalue weighted by molar-refractivity contribution is 5.11. The molecular formula is C18H29N3. The third kappa shape index (κ3) is 3.46. The van der Waals surface area contributed by atoms with Gasteiger partial charge in [0.05, 0.1) is 0 Å². The molecule has 1 aliphatic carbocycles. The number of pyridine rings is 1. The van der Waals surface area contributed by atoms with Crippen LogP contribution in [0.3, 0.4) is 0 Å². The zero-order valence-electron chi connectivity index (χ0n) is 13.4. The molecule has 2 heterocycles. The highest BCUT2D eigenvalue weighted by atomic mass is 15.3. The van der Waals surface area contributed by atoms with Crippen LogP contribution in [0, 0.1) is 0 Å². The maximum atomic E-state index is 4.30. The number of piperazine rings is 1. The van der Waals surface area contributed by atoms with Crippen LogP contribution in [0.15, 0.2) is 24.5 Å². The normalized spacial score (nSPS) is 26.0. The van der Waals surface area contributed by atoms with E-state index in [1.54, 1.807) is 0 Å². The Balaban J connectivity index is 1.75. The fourth-order valence-electron chi connectivity index (χ4n) is 4.16. The highest BCUT2D eigenvalue weighted by Gasteiger charge is 2.41. The van der Waals surface area contributed by atoms with Crippen molar-refractivity contribution in [2.24, 2.45) is 0 Å². The lowest BCUT2D eigenvalue weighted by Crippen LogP contribution is -2.64. The van der Waals surface area contributed by atoms with E-state index >= 15 is 0 Å². The van der Waals surface area contributed by atoms with Gasteiger partial charge in [-0.2, -0.15) is 0 Å². The number of hydrogen-bond acceptors (Lipinski definition) is 3. The van der Waals surface area contributed by atoms with Crippen molar-refractivity contribution in [3.8, 4) is 0 Å². The van der Waals surface area contributed by atoms with E-state index in [9.17, 15) is 0 Å². The second-order valence-corrected chi connectivity index (χ2v) is 6.89. The molecule has 3 rings (SSSR count). The quantitative estimate of drug-likeness (QED) is 0.920. The van der Waals surface area contributed by atoms with Gasteiger partial charge in [0.1, 0.15) is 0 Å². The lowest BCUT2D eigenvalue weighted by atomic mass is 9.78. The van der Waals surface area contributed by atoms with Gasteiger partial charge < -0.3 is 5.32 Å². The molecule has 1 aromatic heterocycles. The molecule has 1 spiro atoms. The molecule has 0 amide bonds. The zero-order valence-corrected chi connectivity index (χ0v) is 13.4. The molecule has 21 heavy (non-hydrogen) atoms. The van der Waals surface area contributed by atoms with Gasteiger partial charge in [-0.05, 0) is 30.9 Å². The third-order valence-electron chi connectivity index (χ3n) is 5.35. The van der Waals surface area contributed by atoms with E-state index in [0.717, 1.165) is 6.54 Å². The molecule has 1 unspecified atom stereocenters. The molecule has 1 saturated carbocycles. The summed E-state index contributed by atoms with van der Waals surface area (Å²) in [6.45, 7) is 5.73. The van der Waals surface area contributed by atoms with E-state index in [1.807, 2.05) is 12.4 Å². The molecule has 3 heteroatoms. The van der Waals surface area contributed by atoms with Gasteiger partial charge in [0, 0.05) is 43.6 Å². The maximum Gasteiger partial charge on any atom is 0.0338 e. The summed E-state index contributed by atoms with van der Waals surface area (Å²) in [5.41, 5.74) is 1.76. The summed E-state index contributed by atoms with van der Waals surface area (Å²) >= 11 is 0. The Kier molecular flexibility index (Phi) is 4.91. The molecule has 1 N–H and O–H groups in total. The van der Waals surface area contributed by atoms with Crippen LogP contribution in [0.2, 0.25) is 0 Å². The Morgan fingerprint density at radius 3 is 2.90 bits per heavy atom. The SMILES string of the molecule is CCCC1CN(Cc2cccnc2)C2(CCCCC2)CN1. The number of nitrogens with zero attached hydrogens (tertiary/aromatic N) is 2. The molecule has 1 atom stereocenters. The predicted molar refractivity (Wildman–Crippen MR) is 87.2 cm³/mol. The topological polar surface area (TPSA) is 28.2 Å². The minimum absolute atomic E-state index is 0.401. The van der Waals surface area contributed by atoms with Crippen molar-refractivity contribution in [1.82, 2.24) is 15.2 Å². The Labute approximate surface area is 129 Å². The largest absolute Gasteiger partial charge is 0.311 e. The van der Waals surface area contributed by atoms with Crippen LogP contribution in [0.1, 0.15) is 57.4 Å². The monoisotopic (exact) mass is 287 g/mol. The first-order chi connectivity index (χ1) is 10.3. The average Bonchev–Trinajstić information content (AvgIpc) is 2.53. The summed E-state index contributed by atoms with van der Waals surface area (Å²) in [5, 5.41) is 3.84. The Morgan fingerprint density at radius 1 is 1.33 bits per heavy atom. The van der Waals surface area contributed by atoms with E-state index < -0.39 is 0 Å². The highest BCUT2D eigenvalue weighted by Crippen LogP contribution is 2.36. The van der Waals surface area contributed by atoms with E-state index in [-0.39, 0.29) is 0 Å². The third-order valence-corrected chi connectivity index (χ3v) is 5.35.